The molecule has 29 heavy (non-hydrogen) atoms. The Bertz CT molecular complexity index is 1070. The van der Waals surface area contributed by atoms with Gasteiger partial charge >= 0.3 is 0 Å². The zero-order valence-electron chi connectivity index (χ0n) is 17.7. The van der Waals surface area contributed by atoms with Crippen molar-refractivity contribution in [2.75, 3.05) is 5.32 Å². The van der Waals surface area contributed by atoms with E-state index >= 15 is 0 Å². The van der Waals surface area contributed by atoms with Crippen LogP contribution in [0.25, 0.3) is 5.69 Å². The van der Waals surface area contributed by atoms with Crippen molar-refractivity contribution in [3.05, 3.63) is 76.0 Å². The molecule has 2 aromatic carbocycles. The number of benzene rings is 2. The predicted molar refractivity (Wildman–Crippen MR) is 121 cm³/mol. The van der Waals surface area contributed by atoms with E-state index in [1.165, 1.54) is 11.1 Å². The third kappa shape index (κ3) is 3.84. The van der Waals surface area contributed by atoms with Gasteiger partial charge in [0.2, 0.25) is 0 Å². The molecule has 0 bridgehead atoms. The van der Waals surface area contributed by atoms with Gasteiger partial charge in [0.1, 0.15) is 5.82 Å². The summed E-state index contributed by atoms with van der Waals surface area (Å²) in [6.07, 6.45) is 0. The number of carbonyl (C=O) groups excluding carboxylic acids is 1. The highest BCUT2D eigenvalue weighted by atomic mass is 32.2. The Labute approximate surface area is 176 Å². The molecular formula is C24H27N3OS. The van der Waals surface area contributed by atoms with Crippen molar-refractivity contribution in [2.24, 2.45) is 0 Å². The summed E-state index contributed by atoms with van der Waals surface area (Å²) in [7, 11) is 0. The van der Waals surface area contributed by atoms with Crippen LogP contribution in [0.4, 0.5) is 5.82 Å². The molecule has 3 aromatic rings. The SMILES string of the molecule is Cc1ccc(-n2nc3c(c2NC(=O)c2ccc(C(C)(C)C)cc2)CSC3)c(C)c1. The van der Waals surface area contributed by atoms with Gasteiger partial charge in [-0.25, -0.2) is 4.68 Å². The molecule has 1 aliphatic heterocycles. The number of carbonyl (C=O) groups is 1. The van der Waals surface area contributed by atoms with Crippen molar-refractivity contribution in [1.29, 1.82) is 0 Å². The van der Waals surface area contributed by atoms with E-state index in [2.05, 4.69) is 58.1 Å². The molecule has 2 heterocycles. The van der Waals surface area contributed by atoms with Crippen LogP contribution < -0.4 is 5.32 Å². The molecule has 0 atom stereocenters. The lowest BCUT2D eigenvalue weighted by atomic mass is 9.87. The Hall–Kier alpha value is -2.53. The van der Waals surface area contributed by atoms with Crippen LogP contribution in [-0.4, -0.2) is 15.7 Å². The highest BCUT2D eigenvalue weighted by molar-refractivity contribution is 7.98. The quantitative estimate of drug-likeness (QED) is 0.600. The van der Waals surface area contributed by atoms with Crippen molar-refractivity contribution in [2.45, 2.75) is 51.5 Å². The fraction of sp³-hybridized carbons (Fsp3) is 0.333. The summed E-state index contributed by atoms with van der Waals surface area (Å²) in [5.41, 5.74) is 7.50. The molecule has 0 saturated carbocycles. The van der Waals surface area contributed by atoms with E-state index in [9.17, 15) is 4.79 Å². The molecule has 150 valence electrons. The molecule has 1 aromatic heterocycles. The average Bonchev–Trinajstić information content (AvgIpc) is 3.24. The molecule has 0 fully saturated rings. The largest absolute Gasteiger partial charge is 0.306 e. The molecule has 0 saturated heterocycles. The lowest BCUT2D eigenvalue weighted by Gasteiger charge is -2.19. The highest BCUT2D eigenvalue weighted by Gasteiger charge is 2.25. The first-order valence-electron chi connectivity index (χ1n) is 9.92. The van der Waals surface area contributed by atoms with Gasteiger partial charge in [-0.1, -0.05) is 50.6 Å². The van der Waals surface area contributed by atoms with E-state index in [0.29, 0.717) is 5.56 Å². The molecule has 4 rings (SSSR count). The number of aromatic nitrogens is 2. The van der Waals surface area contributed by atoms with Gasteiger partial charge in [-0.3, -0.25) is 4.79 Å². The van der Waals surface area contributed by atoms with Crippen molar-refractivity contribution in [1.82, 2.24) is 9.78 Å². The smallest absolute Gasteiger partial charge is 0.256 e. The number of rotatable bonds is 3. The minimum atomic E-state index is -0.101. The lowest BCUT2D eigenvalue weighted by molar-refractivity contribution is 0.102. The van der Waals surface area contributed by atoms with Crippen LogP contribution in [0.15, 0.2) is 42.5 Å². The first-order chi connectivity index (χ1) is 13.7. The summed E-state index contributed by atoms with van der Waals surface area (Å²) < 4.78 is 1.90. The zero-order chi connectivity index (χ0) is 20.8. The van der Waals surface area contributed by atoms with Crippen molar-refractivity contribution >= 4 is 23.5 Å². The Kier molecular flexibility index (Phi) is 5.03. The van der Waals surface area contributed by atoms with E-state index in [4.69, 9.17) is 5.10 Å². The highest BCUT2D eigenvalue weighted by Crippen LogP contribution is 2.37. The standard InChI is InChI=1S/C24H27N3OS/c1-15-6-11-21(16(2)12-15)27-22(19-13-29-14-20(19)26-27)25-23(28)17-7-9-18(10-8-17)24(3,4)5/h6-12H,13-14H2,1-5H3,(H,25,28). The van der Waals surface area contributed by atoms with Gasteiger partial charge in [-0.2, -0.15) is 16.9 Å². The second kappa shape index (κ2) is 7.38. The maximum Gasteiger partial charge on any atom is 0.256 e. The first-order valence-corrected chi connectivity index (χ1v) is 11.1. The maximum atomic E-state index is 13.0. The molecule has 5 heteroatoms. The Morgan fingerprint density at radius 3 is 2.45 bits per heavy atom. The Morgan fingerprint density at radius 1 is 1.07 bits per heavy atom. The van der Waals surface area contributed by atoms with Crippen LogP contribution >= 0.6 is 11.8 Å². The number of hydrogen-bond acceptors (Lipinski definition) is 3. The van der Waals surface area contributed by atoms with E-state index in [0.717, 1.165) is 39.8 Å². The fourth-order valence-corrected chi connectivity index (χ4v) is 4.69. The number of nitrogens with zero attached hydrogens (tertiary/aromatic N) is 2. The van der Waals surface area contributed by atoms with Crippen molar-refractivity contribution in [3.63, 3.8) is 0 Å². The predicted octanol–water partition coefficient (Wildman–Crippen LogP) is 5.79. The summed E-state index contributed by atoms with van der Waals surface area (Å²) in [5.74, 6) is 2.45. The fourth-order valence-electron chi connectivity index (χ4n) is 3.66. The molecule has 0 radical (unpaired) electrons. The van der Waals surface area contributed by atoms with Crippen molar-refractivity contribution < 1.29 is 4.79 Å². The van der Waals surface area contributed by atoms with E-state index in [-0.39, 0.29) is 11.3 Å². The second-order valence-electron chi connectivity index (χ2n) is 8.75. The average molecular weight is 406 g/mol. The topological polar surface area (TPSA) is 46.9 Å². The molecule has 0 spiro atoms. The molecule has 0 aliphatic carbocycles. The lowest BCUT2D eigenvalue weighted by Crippen LogP contribution is -2.17. The van der Waals surface area contributed by atoms with Crippen LogP contribution in [0, 0.1) is 13.8 Å². The number of hydrogen-bond donors (Lipinski definition) is 1. The van der Waals surface area contributed by atoms with Gasteiger partial charge in [0.25, 0.3) is 5.91 Å². The van der Waals surface area contributed by atoms with Crippen LogP contribution in [0.5, 0.6) is 0 Å². The minimum absolute atomic E-state index is 0.0641. The summed E-state index contributed by atoms with van der Waals surface area (Å²) in [5, 5.41) is 7.98. The van der Waals surface area contributed by atoms with Gasteiger partial charge in [-0.05, 0) is 48.6 Å². The van der Waals surface area contributed by atoms with Gasteiger partial charge in [0, 0.05) is 22.6 Å². The molecule has 4 nitrogen and oxygen atoms in total. The molecular weight excluding hydrogens is 378 g/mol. The van der Waals surface area contributed by atoms with Crippen LogP contribution in [0.3, 0.4) is 0 Å². The number of aryl methyl sites for hydroxylation is 2. The first kappa shape index (κ1) is 19.8. The van der Waals surface area contributed by atoms with Crippen LogP contribution in [-0.2, 0) is 16.9 Å². The van der Waals surface area contributed by atoms with Gasteiger partial charge < -0.3 is 5.32 Å². The molecule has 0 unspecified atom stereocenters. The maximum absolute atomic E-state index is 13.0. The Balaban J connectivity index is 1.69. The minimum Gasteiger partial charge on any atom is -0.306 e. The third-order valence-electron chi connectivity index (χ3n) is 5.38. The van der Waals surface area contributed by atoms with E-state index in [1.807, 2.05) is 40.7 Å². The van der Waals surface area contributed by atoms with Crippen LogP contribution in [0.2, 0.25) is 0 Å². The number of thioether (sulfide) groups is 1. The zero-order valence-corrected chi connectivity index (χ0v) is 18.5. The van der Waals surface area contributed by atoms with Gasteiger partial charge in [0.15, 0.2) is 0 Å². The van der Waals surface area contributed by atoms with E-state index in [1.54, 1.807) is 0 Å². The number of amides is 1. The summed E-state index contributed by atoms with van der Waals surface area (Å²) in [6, 6.07) is 14.2. The number of fused-ring (bicyclic) bond motifs is 1. The summed E-state index contributed by atoms with van der Waals surface area (Å²) >= 11 is 1.83. The second-order valence-corrected chi connectivity index (χ2v) is 9.74. The number of nitrogens with one attached hydrogen (secondary N) is 1. The normalized spacial score (nSPS) is 13.4. The summed E-state index contributed by atoms with van der Waals surface area (Å²) in [6.45, 7) is 10.7. The van der Waals surface area contributed by atoms with Gasteiger partial charge in [0.05, 0.1) is 11.4 Å². The van der Waals surface area contributed by atoms with Crippen molar-refractivity contribution in [3.8, 4) is 5.69 Å². The number of anilines is 1. The Morgan fingerprint density at radius 2 is 1.79 bits per heavy atom. The molecule has 1 amide bonds. The molecule has 1 aliphatic rings. The van der Waals surface area contributed by atoms with Crippen LogP contribution in [0.1, 0.15) is 59.1 Å². The molecule has 1 N–H and O–H groups in total. The summed E-state index contributed by atoms with van der Waals surface area (Å²) in [4.78, 5) is 13.0. The van der Waals surface area contributed by atoms with Gasteiger partial charge in [-0.15, -0.1) is 0 Å². The monoisotopic (exact) mass is 405 g/mol. The van der Waals surface area contributed by atoms with E-state index < -0.39 is 0 Å². The third-order valence-corrected chi connectivity index (χ3v) is 6.35.